The number of para-hydroxylation sites is 1. The molecule has 1 fully saturated rings. The first-order chi connectivity index (χ1) is 10.2. The zero-order valence-corrected chi connectivity index (χ0v) is 12.3. The van der Waals surface area contributed by atoms with Gasteiger partial charge < -0.3 is 11.1 Å². The Kier molecular flexibility index (Phi) is 3.65. The van der Waals surface area contributed by atoms with E-state index in [2.05, 4.69) is 47.6 Å². The van der Waals surface area contributed by atoms with Crippen LogP contribution in [0, 0.1) is 0 Å². The van der Waals surface area contributed by atoms with E-state index in [1.807, 2.05) is 30.3 Å². The number of nitrogens with one attached hydrogen (secondary N) is 1. The van der Waals surface area contributed by atoms with Gasteiger partial charge in [-0.05, 0) is 36.0 Å². The van der Waals surface area contributed by atoms with Crippen molar-refractivity contribution in [1.29, 1.82) is 0 Å². The van der Waals surface area contributed by atoms with Crippen molar-refractivity contribution in [2.24, 2.45) is 10.7 Å². The van der Waals surface area contributed by atoms with Crippen molar-refractivity contribution >= 4 is 11.6 Å². The molecule has 2 aromatic carbocycles. The standard InChI is InChI=1S/C18H21N3/c1-18(14-8-4-2-5-9-14)12-16(13-18)21-17(19)20-15-10-6-3-7-11-15/h2-11,16H,12-13H2,1H3,(H3,19,20,21). The lowest BCUT2D eigenvalue weighted by Gasteiger charge is -2.44. The van der Waals surface area contributed by atoms with Crippen molar-refractivity contribution in [3.63, 3.8) is 0 Å². The zero-order chi connectivity index (χ0) is 14.7. The number of benzene rings is 2. The fourth-order valence-electron chi connectivity index (χ4n) is 3.05. The van der Waals surface area contributed by atoms with Gasteiger partial charge in [-0.15, -0.1) is 0 Å². The number of aliphatic imine (C=N–C) groups is 1. The van der Waals surface area contributed by atoms with Gasteiger partial charge in [0.25, 0.3) is 0 Å². The van der Waals surface area contributed by atoms with Gasteiger partial charge in [-0.2, -0.15) is 0 Å². The third-order valence-corrected chi connectivity index (χ3v) is 4.21. The van der Waals surface area contributed by atoms with Gasteiger partial charge in [0.1, 0.15) is 0 Å². The van der Waals surface area contributed by atoms with E-state index in [9.17, 15) is 0 Å². The summed E-state index contributed by atoms with van der Waals surface area (Å²) in [7, 11) is 0. The molecule has 0 radical (unpaired) electrons. The van der Waals surface area contributed by atoms with E-state index in [0.717, 1.165) is 18.5 Å². The van der Waals surface area contributed by atoms with Crippen molar-refractivity contribution < 1.29 is 0 Å². The lowest BCUT2D eigenvalue weighted by atomic mass is 9.63. The van der Waals surface area contributed by atoms with E-state index in [1.165, 1.54) is 5.56 Å². The minimum Gasteiger partial charge on any atom is -0.370 e. The highest BCUT2D eigenvalue weighted by Gasteiger charge is 2.41. The van der Waals surface area contributed by atoms with Gasteiger partial charge in [-0.3, -0.25) is 0 Å². The highest BCUT2D eigenvalue weighted by Crippen LogP contribution is 2.44. The summed E-state index contributed by atoms with van der Waals surface area (Å²) in [6.07, 6.45) is 2.10. The van der Waals surface area contributed by atoms with Gasteiger partial charge in [-0.25, -0.2) is 4.99 Å². The maximum absolute atomic E-state index is 5.98. The zero-order valence-electron chi connectivity index (χ0n) is 12.3. The lowest BCUT2D eigenvalue weighted by Crippen LogP contribution is -2.42. The smallest absolute Gasteiger partial charge is 0.193 e. The van der Waals surface area contributed by atoms with Crippen LogP contribution >= 0.6 is 0 Å². The molecule has 0 bridgehead atoms. The number of hydrogen-bond donors (Lipinski definition) is 2. The Bertz CT molecular complexity index is 613. The normalized spacial score (nSPS) is 25.2. The summed E-state index contributed by atoms with van der Waals surface area (Å²) in [5.41, 5.74) is 8.59. The van der Waals surface area contributed by atoms with Crippen LogP contribution in [-0.2, 0) is 5.41 Å². The number of nitrogens with zero attached hydrogens (tertiary/aromatic N) is 1. The molecule has 0 unspecified atom stereocenters. The van der Waals surface area contributed by atoms with Gasteiger partial charge in [-0.1, -0.05) is 55.5 Å². The molecule has 108 valence electrons. The highest BCUT2D eigenvalue weighted by atomic mass is 15.1. The van der Waals surface area contributed by atoms with Crippen LogP contribution in [0.4, 0.5) is 5.69 Å². The number of guanidine groups is 1. The number of anilines is 1. The minimum atomic E-state index is 0.239. The Hall–Kier alpha value is -2.29. The number of hydrogen-bond acceptors (Lipinski definition) is 1. The second kappa shape index (κ2) is 5.60. The fraction of sp³-hybridized carbons (Fsp3) is 0.278. The van der Waals surface area contributed by atoms with Crippen LogP contribution < -0.4 is 11.1 Å². The monoisotopic (exact) mass is 279 g/mol. The van der Waals surface area contributed by atoms with Crippen LogP contribution in [0.2, 0.25) is 0 Å². The Labute approximate surface area is 125 Å². The Morgan fingerprint density at radius 2 is 1.62 bits per heavy atom. The molecule has 2 aromatic rings. The van der Waals surface area contributed by atoms with Crippen molar-refractivity contribution in [3.8, 4) is 0 Å². The van der Waals surface area contributed by atoms with Gasteiger partial charge in [0.15, 0.2) is 5.96 Å². The average Bonchev–Trinajstić information content (AvgIpc) is 2.47. The maximum Gasteiger partial charge on any atom is 0.193 e. The van der Waals surface area contributed by atoms with Crippen LogP contribution in [-0.4, -0.2) is 12.0 Å². The summed E-state index contributed by atoms with van der Waals surface area (Å²) in [6, 6.07) is 20.9. The number of nitrogens with two attached hydrogens (primary N) is 1. The number of rotatable bonds is 3. The first kappa shape index (κ1) is 13.7. The molecule has 1 aliphatic rings. The molecule has 3 N–H and O–H groups in total. The van der Waals surface area contributed by atoms with E-state index in [-0.39, 0.29) is 5.41 Å². The van der Waals surface area contributed by atoms with E-state index < -0.39 is 0 Å². The van der Waals surface area contributed by atoms with Gasteiger partial charge in [0.2, 0.25) is 0 Å². The predicted molar refractivity (Wildman–Crippen MR) is 88.5 cm³/mol. The molecule has 3 rings (SSSR count). The van der Waals surface area contributed by atoms with E-state index in [0.29, 0.717) is 12.0 Å². The van der Waals surface area contributed by atoms with Crippen LogP contribution in [0.25, 0.3) is 0 Å². The van der Waals surface area contributed by atoms with Gasteiger partial charge in [0, 0.05) is 5.69 Å². The Morgan fingerprint density at radius 1 is 1.05 bits per heavy atom. The van der Waals surface area contributed by atoms with E-state index in [1.54, 1.807) is 0 Å². The summed E-state index contributed by atoms with van der Waals surface area (Å²) in [4.78, 5) is 4.58. The molecule has 3 nitrogen and oxygen atoms in total. The molecule has 0 heterocycles. The Balaban J connectivity index is 1.60. The van der Waals surface area contributed by atoms with Crippen molar-refractivity contribution in [2.75, 3.05) is 5.32 Å². The maximum atomic E-state index is 5.98. The summed E-state index contributed by atoms with van der Waals surface area (Å²) in [5.74, 6) is 0.501. The lowest BCUT2D eigenvalue weighted by molar-refractivity contribution is 0.229. The minimum absolute atomic E-state index is 0.239. The molecule has 1 saturated carbocycles. The third kappa shape index (κ3) is 3.07. The molecule has 0 aromatic heterocycles. The average molecular weight is 279 g/mol. The molecule has 0 aliphatic heterocycles. The molecule has 3 heteroatoms. The SMILES string of the molecule is CC1(c2ccccc2)CC(N=C(N)Nc2ccccc2)C1. The third-order valence-electron chi connectivity index (χ3n) is 4.21. The van der Waals surface area contributed by atoms with Gasteiger partial charge >= 0.3 is 0 Å². The predicted octanol–water partition coefficient (Wildman–Crippen LogP) is 3.53. The summed E-state index contributed by atoms with van der Waals surface area (Å²) < 4.78 is 0. The van der Waals surface area contributed by atoms with E-state index >= 15 is 0 Å². The van der Waals surface area contributed by atoms with Crippen LogP contribution in [0.1, 0.15) is 25.3 Å². The molecule has 1 aliphatic carbocycles. The highest BCUT2D eigenvalue weighted by molar-refractivity contribution is 5.92. The van der Waals surface area contributed by atoms with Crippen LogP contribution in [0.5, 0.6) is 0 Å². The largest absolute Gasteiger partial charge is 0.370 e. The van der Waals surface area contributed by atoms with Crippen molar-refractivity contribution in [3.05, 3.63) is 66.2 Å². The van der Waals surface area contributed by atoms with Crippen molar-refractivity contribution in [1.82, 2.24) is 0 Å². The fourth-order valence-corrected chi connectivity index (χ4v) is 3.05. The quantitative estimate of drug-likeness (QED) is 0.667. The topological polar surface area (TPSA) is 50.4 Å². The first-order valence-electron chi connectivity index (χ1n) is 7.37. The Morgan fingerprint density at radius 3 is 2.24 bits per heavy atom. The molecule has 21 heavy (non-hydrogen) atoms. The summed E-state index contributed by atoms with van der Waals surface area (Å²) in [5, 5.41) is 3.14. The molecule has 0 spiro atoms. The summed E-state index contributed by atoms with van der Waals surface area (Å²) >= 11 is 0. The first-order valence-corrected chi connectivity index (χ1v) is 7.37. The van der Waals surface area contributed by atoms with Crippen LogP contribution in [0.3, 0.4) is 0 Å². The van der Waals surface area contributed by atoms with Crippen molar-refractivity contribution in [2.45, 2.75) is 31.2 Å². The van der Waals surface area contributed by atoms with E-state index in [4.69, 9.17) is 5.73 Å². The molecule has 0 amide bonds. The molecule has 0 atom stereocenters. The van der Waals surface area contributed by atoms with Gasteiger partial charge in [0.05, 0.1) is 6.04 Å². The molecular formula is C18H21N3. The molecular weight excluding hydrogens is 258 g/mol. The molecule has 0 saturated heterocycles. The van der Waals surface area contributed by atoms with Crippen LogP contribution in [0.15, 0.2) is 65.7 Å². The second-order valence-electron chi connectivity index (χ2n) is 5.99. The second-order valence-corrected chi connectivity index (χ2v) is 5.99. The summed E-state index contributed by atoms with van der Waals surface area (Å²) in [6.45, 7) is 2.30.